The van der Waals surface area contributed by atoms with E-state index >= 15 is 0 Å². The van der Waals surface area contributed by atoms with Gasteiger partial charge in [-0.25, -0.2) is 4.79 Å². The van der Waals surface area contributed by atoms with Crippen molar-refractivity contribution < 1.29 is 14.4 Å². The smallest absolute Gasteiger partial charge is 0.323 e. The molecule has 1 aliphatic rings. The van der Waals surface area contributed by atoms with Crippen molar-refractivity contribution in [1.29, 1.82) is 0 Å². The maximum atomic E-state index is 12.4. The number of nitrogens with zero attached hydrogens (tertiary/aromatic N) is 1. The maximum Gasteiger partial charge on any atom is 0.323 e. The molecule has 7 heteroatoms. The molecule has 2 rings (SSSR count). The van der Waals surface area contributed by atoms with Gasteiger partial charge in [0.1, 0.15) is 5.00 Å². The standard InChI is InChI=1S/C14H19N3O3S/c1-4-10(18)15-13-11(8-6-5-7-9(8)21-13)12(19)16-14(20)17(2)3/h4-7H2,1-3H3,(H,15,18)(H,16,19,20). The Bertz CT molecular complexity index is 593. The van der Waals surface area contributed by atoms with Crippen LogP contribution < -0.4 is 10.6 Å². The van der Waals surface area contributed by atoms with Crippen LogP contribution >= 0.6 is 11.3 Å². The van der Waals surface area contributed by atoms with Crippen LogP contribution in [0.2, 0.25) is 0 Å². The van der Waals surface area contributed by atoms with Crippen LogP contribution in [-0.4, -0.2) is 36.8 Å². The van der Waals surface area contributed by atoms with Gasteiger partial charge in [-0.1, -0.05) is 6.92 Å². The lowest BCUT2D eigenvalue weighted by Gasteiger charge is -2.12. The Kier molecular flexibility index (Phi) is 4.62. The molecule has 0 spiro atoms. The summed E-state index contributed by atoms with van der Waals surface area (Å²) >= 11 is 1.44. The van der Waals surface area contributed by atoms with Gasteiger partial charge in [0.15, 0.2) is 0 Å². The molecular formula is C14H19N3O3S. The molecule has 1 aromatic rings. The molecule has 1 aliphatic carbocycles. The number of aryl methyl sites for hydroxylation is 1. The first-order chi connectivity index (χ1) is 9.93. The first-order valence-electron chi connectivity index (χ1n) is 6.91. The molecule has 0 fully saturated rings. The Morgan fingerprint density at radius 2 is 1.95 bits per heavy atom. The molecule has 1 heterocycles. The number of imide groups is 1. The first-order valence-corrected chi connectivity index (χ1v) is 7.72. The van der Waals surface area contributed by atoms with Crippen LogP contribution in [0.3, 0.4) is 0 Å². The molecule has 0 aliphatic heterocycles. The molecule has 0 saturated heterocycles. The van der Waals surface area contributed by atoms with Gasteiger partial charge < -0.3 is 10.2 Å². The number of urea groups is 1. The number of thiophene rings is 1. The number of nitrogens with one attached hydrogen (secondary N) is 2. The van der Waals surface area contributed by atoms with E-state index in [0.717, 1.165) is 29.7 Å². The summed E-state index contributed by atoms with van der Waals surface area (Å²) in [7, 11) is 3.14. The Hall–Kier alpha value is -1.89. The second-order valence-corrected chi connectivity index (χ2v) is 6.22. The summed E-state index contributed by atoms with van der Waals surface area (Å²) in [4.78, 5) is 38.0. The highest BCUT2D eigenvalue weighted by molar-refractivity contribution is 7.17. The predicted octanol–water partition coefficient (Wildman–Crippen LogP) is 2.00. The van der Waals surface area contributed by atoms with Crippen LogP contribution in [0.4, 0.5) is 9.80 Å². The number of fused-ring (bicyclic) bond motifs is 1. The summed E-state index contributed by atoms with van der Waals surface area (Å²) < 4.78 is 0. The minimum absolute atomic E-state index is 0.136. The summed E-state index contributed by atoms with van der Waals surface area (Å²) in [5, 5.41) is 5.66. The third-order valence-corrected chi connectivity index (χ3v) is 4.56. The van der Waals surface area contributed by atoms with E-state index in [9.17, 15) is 14.4 Å². The normalized spacial score (nSPS) is 12.7. The van der Waals surface area contributed by atoms with Crippen LogP contribution in [-0.2, 0) is 17.6 Å². The van der Waals surface area contributed by atoms with E-state index in [1.54, 1.807) is 21.0 Å². The first kappa shape index (κ1) is 15.5. The lowest BCUT2D eigenvalue weighted by molar-refractivity contribution is -0.115. The molecule has 0 unspecified atom stereocenters. The van der Waals surface area contributed by atoms with E-state index in [1.807, 2.05) is 0 Å². The van der Waals surface area contributed by atoms with Gasteiger partial charge in [-0.05, 0) is 24.8 Å². The van der Waals surface area contributed by atoms with E-state index < -0.39 is 11.9 Å². The Morgan fingerprint density at radius 3 is 2.57 bits per heavy atom. The van der Waals surface area contributed by atoms with Gasteiger partial charge in [-0.15, -0.1) is 11.3 Å². The van der Waals surface area contributed by atoms with Gasteiger partial charge >= 0.3 is 6.03 Å². The zero-order valence-corrected chi connectivity index (χ0v) is 13.2. The number of hydrogen-bond acceptors (Lipinski definition) is 4. The van der Waals surface area contributed by atoms with Crippen molar-refractivity contribution in [2.45, 2.75) is 32.6 Å². The van der Waals surface area contributed by atoms with Crippen molar-refractivity contribution >= 4 is 34.2 Å². The van der Waals surface area contributed by atoms with Gasteiger partial charge in [0.25, 0.3) is 5.91 Å². The van der Waals surface area contributed by atoms with Crippen molar-refractivity contribution in [2.75, 3.05) is 19.4 Å². The third kappa shape index (κ3) is 3.24. The minimum Gasteiger partial charge on any atom is -0.331 e. The van der Waals surface area contributed by atoms with Crippen molar-refractivity contribution in [1.82, 2.24) is 10.2 Å². The topological polar surface area (TPSA) is 78.5 Å². The molecular weight excluding hydrogens is 290 g/mol. The maximum absolute atomic E-state index is 12.4. The minimum atomic E-state index is -0.467. The second kappa shape index (κ2) is 6.26. The number of amides is 4. The van der Waals surface area contributed by atoms with E-state index in [-0.39, 0.29) is 5.91 Å². The molecule has 2 N–H and O–H groups in total. The fourth-order valence-electron chi connectivity index (χ4n) is 2.22. The van der Waals surface area contributed by atoms with E-state index in [4.69, 9.17) is 0 Å². The summed E-state index contributed by atoms with van der Waals surface area (Å²) in [6.07, 6.45) is 3.09. The number of carbonyl (C=O) groups is 3. The summed E-state index contributed by atoms with van der Waals surface area (Å²) in [5.74, 6) is -0.581. The van der Waals surface area contributed by atoms with Gasteiger partial charge in [0.2, 0.25) is 5.91 Å². The Morgan fingerprint density at radius 1 is 1.24 bits per heavy atom. The van der Waals surface area contributed by atoms with Gasteiger partial charge in [-0.2, -0.15) is 0 Å². The highest BCUT2D eigenvalue weighted by Crippen LogP contribution is 2.39. The second-order valence-electron chi connectivity index (χ2n) is 5.12. The lowest BCUT2D eigenvalue weighted by Crippen LogP contribution is -2.39. The lowest BCUT2D eigenvalue weighted by atomic mass is 10.1. The van der Waals surface area contributed by atoms with Crippen LogP contribution in [0.25, 0.3) is 0 Å². The Balaban J connectivity index is 2.30. The molecule has 0 saturated carbocycles. The largest absolute Gasteiger partial charge is 0.331 e. The van der Waals surface area contributed by atoms with E-state index in [2.05, 4.69) is 10.6 Å². The fourth-order valence-corrected chi connectivity index (χ4v) is 3.52. The zero-order valence-electron chi connectivity index (χ0n) is 12.4. The molecule has 0 atom stereocenters. The predicted molar refractivity (Wildman–Crippen MR) is 81.8 cm³/mol. The molecule has 1 aromatic heterocycles. The number of rotatable bonds is 3. The quantitative estimate of drug-likeness (QED) is 0.896. The van der Waals surface area contributed by atoms with Crippen LogP contribution in [0.1, 0.15) is 40.6 Å². The SMILES string of the molecule is CCC(=O)Nc1sc2c(c1C(=O)NC(=O)N(C)C)CCC2. The molecule has 0 radical (unpaired) electrons. The van der Waals surface area contributed by atoms with Crippen molar-refractivity contribution in [2.24, 2.45) is 0 Å². The molecule has 4 amide bonds. The van der Waals surface area contributed by atoms with E-state index in [0.29, 0.717) is 17.0 Å². The Labute approximate surface area is 127 Å². The molecule has 0 bridgehead atoms. The van der Waals surface area contributed by atoms with Crippen molar-refractivity contribution in [3.63, 3.8) is 0 Å². The summed E-state index contributed by atoms with van der Waals surface area (Å²) in [6.45, 7) is 1.76. The molecule has 114 valence electrons. The van der Waals surface area contributed by atoms with Crippen LogP contribution in [0.15, 0.2) is 0 Å². The van der Waals surface area contributed by atoms with Gasteiger partial charge in [-0.3, -0.25) is 14.9 Å². The third-order valence-electron chi connectivity index (χ3n) is 3.35. The number of anilines is 1. The van der Waals surface area contributed by atoms with E-state index in [1.165, 1.54) is 16.2 Å². The highest BCUT2D eigenvalue weighted by Gasteiger charge is 2.28. The molecule has 0 aromatic carbocycles. The highest BCUT2D eigenvalue weighted by atomic mass is 32.1. The van der Waals surface area contributed by atoms with Crippen molar-refractivity contribution in [3.05, 3.63) is 16.0 Å². The molecule has 21 heavy (non-hydrogen) atoms. The van der Waals surface area contributed by atoms with Crippen LogP contribution in [0.5, 0.6) is 0 Å². The number of carbonyl (C=O) groups excluding carboxylic acids is 3. The average Bonchev–Trinajstić information content (AvgIpc) is 2.98. The van der Waals surface area contributed by atoms with Crippen LogP contribution in [0, 0.1) is 0 Å². The molecule has 6 nitrogen and oxygen atoms in total. The summed E-state index contributed by atoms with van der Waals surface area (Å²) in [6, 6.07) is -0.467. The van der Waals surface area contributed by atoms with Gasteiger partial charge in [0.05, 0.1) is 5.56 Å². The van der Waals surface area contributed by atoms with Gasteiger partial charge in [0, 0.05) is 25.4 Å². The fraction of sp³-hybridized carbons (Fsp3) is 0.500. The monoisotopic (exact) mass is 309 g/mol. The summed E-state index contributed by atoms with van der Waals surface area (Å²) in [5.41, 5.74) is 1.42. The number of hydrogen-bond donors (Lipinski definition) is 2. The zero-order chi connectivity index (χ0) is 15.6. The average molecular weight is 309 g/mol. The van der Waals surface area contributed by atoms with Crippen molar-refractivity contribution in [3.8, 4) is 0 Å².